The van der Waals surface area contributed by atoms with E-state index in [2.05, 4.69) is 17.4 Å². The van der Waals surface area contributed by atoms with E-state index >= 15 is 0 Å². The third-order valence-electron chi connectivity index (χ3n) is 4.38. The van der Waals surface area contributed by atoms with Gasteiger partial charge in [0, 0.05) is 5.56 Å². The van der Waals surface area contributed by atoms with Gasteiger partial charge in [0.1, 0.15) is 0 Å². The number of carbonyl (C=O) groups is 1. The van der Waals surface area contributed by atoms with Crippen molar-refractivity contribution in [3.05, 3.63) is 107 Å². The predicted octanol–water partition coefficient (Wildman–Crippen LogP) is 3.61. The fraction of sp³-hybridized carbons (Fsp3) is 0.174. The Bertz CT molecular complexity index is 831. The lowest BCUT2D eigenvalue weighted by atomic mass is 9.98. The van der Waals surface area contributed by atoms with Gasteiger partial charge in [0.05, 0.1) is 12.6 Å². The van der Waals surface area contributed by atoms with Gasteiger partial charge in [-0.3, -0.25) is 4.79 Å². The van der Waals surface area contributed by atoms with E-state index in [9.17, 15) is 9.90 Å². The Morgan fingerprint density at radius 3 is 2.04 bits per heavy atom. The van der Waals surface area contributed by atoms with E-state index < -0.39 is 0 Å². The van der Waals surface area contributed by atoms with Crippen LogP contribution in [0.4, 0.5) is 0 Å². The maximum Gasteiger partial charge on any atom is 0.251 e. The molecule has 0 fully saturated rings. The van der Waals surface area contributed by atoms with Gasteiger partial charge in [-0.05, 0) is 35.6 Å². The molecule has 0 saturated carbocycles. The van der Waals surface area contributed by atoms with Gasteiger partial charge in [-0.1, -0.05) is 78.9 Å². The van der Waals surface area contributed by atoms with Crippen molar-refractivity contribution in [2.75, 3.05) is 6.61 Å². The Morgan fingerprint density at radius 1 is 0.808 bits per heavy atom. The first-order chi connectivity index (χ1) is 12.8. The molecule has 1 amide bonds. The van der Waals surface area contributed by atoms with Crippen molar-refractivity contribution in [3.63, 3.8) is 0 Å². The zero-order valence-electron chi connectivity index (χ0n) is 14.6. The summed E-state index contributed by atoms with van der Waals surface area (Å²) in [7, 11) is 0. The van der Waals surface area contributed by atoms with Crippen molar-refractivity contribution in [1.82, 2.24) is 5.32 Å². The van der Waals surface area contributed by atoms with Crippen molar-refractivity contribution < 1.29 is 9.90 Å². The van der Waals surface area contributed by atoms with Gasteiger partial charge in [0.25, 0.3) is 5.91 Å². The highest BCUT2D eigenvalue weighted by atomic mass is 16.3. The third-order valence-corrected chi connectivity index (χ3v) is 4.38. The molecule has 0 aliphatic heterocycles. The second kappa shape index (κ2) is 8.97. The summed E-state index contributed by atoms with van der Waals surface area (Å²) in [6.07, 6.45) is 1.30. The number of hydrogen-bond donors (Lipinski definition) is 2. The molecule has 3 aromatic carbocycles. The van der Waals surface area contributed by atoms with Crippen LogP contribution in [-0.2, 0) is 12.8 Å². The topological polar surface area (TPSA) is 49.3 Å². The van der Waals surface area contributed by atoms with Crippen molar-refractivity contribution in [1.29, 1.82) is 0 Å². The number of aliphatic hydroxyl groups is 1. The maximum atomic E-state index is 12.8. The van der Waals surface area contributed by atoms with Crippen LogP contribution in [0.3, 0.4) is 0 Å². The molecule has 0 spiro atoms. The minimum absolute atomic E-state index is 0.0957. The highest BCUT2D eigenvalue weighted by Crippen LogP contribution is 2.15. The standard InChI is InChI=1S/C23H23NO2/c25-17-21(16-19-11-5-2-6-12-19)24-23(26)22-14-8-7-13-20(22)15-18-9-3-1-4-10-18/h1-14,21,25H,15-17H2,(H,24,26). The summed E-state index contributed by atoms with van der Waals surface area (Å²) in [5.41, 5.74) is 3.88. The van der Waals surface area contributed by atoms with Crippen LogP contribution >= 0.6 is 0 Å². The SMILES string of the molecule is O=C(NC(CO)Cc1ccccc1)c1ccccc1Cc1ccccc1. The quantitative estimate of drug-likeness (QED) is 0.687. The largest absolute Gasteiger partial charge is 0.394 e. The number of amides is 1. The molecule has 0 aliphatic carbocycles. The highest BCUT2D eigenvalue weighted by molar-refractivity contribution is 5.96. The molecule has 3 rings (SSSR count). The number of hydrogen-bond acceptors (Lipinski definition) is 2. The summed E-state index contributed by atoms with van der Waals surface area (Å²) in [4.78, 5) is 12.8. The molecule has 0 saturated heterocycles. The van der Waals surface area contributed by atoms with E-state index in [0.29, 0.717) is 18.4 Å². The van der Waals surface area contributed by atoms with Crippen molar-refractivity contribution in [3.8, 4) is 0 Å². The van der Waals surface area contributed by atoms with Gasteiger partial charge in [-0.25, -0.2) is 0 Å². The lowest BCUT2D eigenvalue weighted by molar-refractivity contribution is 0.0915. The van der Waals surface area contributed by atoms with Crippen LogP contribution in [0.15, 0.2) is 84.9 Å². The molecule has 0 aliphatic rings. The van der Waals surface area contributed by atoms with Gasteiger partial charge in [0.15, 0.2) is 0 Å². The predicted molar refractivity (Wildman–Crippen MR) is 104 cm³/mol. The number of aliphatic hydroxyl groups excluding tert-OH is 1. The van der Waals surface area contributed by atoms with E-state index in [1.54, 1.807) is 0 Å². The molecular formula is C23H23NO2. The van der Waals surface area contributed by atoms with Crippen LogP contribution in [-0.4, -0.2) is 23.7 Å². The first-order valence-corrected chi connectivity index (χ1v) is 8.83. The summed E-state index contributed by atoms with van der Waals surface area (Å²) in [5.74, 6) is -0.147. The minimum atomic E-state index is -0.310. The maximum absolute atomic E-state index is 12.8. The number of rotatable bonds is 7. The normalized spacial score (nSPS) is 11.7. The molecule has 3 heteroatoms. The van der Waals surface area contributed by atoms with E-state index in [1.165, 1.54) is 0 Å². The highest BCUT2D eigenvalue weighted by Gasteiger charge is 2.16. The van der Waals surface area contributed by atoms with Crippen LogP contribution in [0.25, 0.3) is 0 Å². The average molecular weight is 345 g/mol. The molecule has 2 N–H and O–H groups in total. The monoisotopic (exact) mass is 345 g/mol. The lowest BCUT2D eigenvalue weighted by Gasteiger charge is -2.18. The van der Waals surface area contributed by atoms with Crippen LogP contribution in [0.2, 0.25) is 0 Å². The third kappa shape index (κ3) is 4.80. The van der Waals surface area contributed by atoms with Crippen LogP contribution in [0.5, 0.6) is 0 Å². The van der Waals surface area contributed by atoms with Gasteiger partial charge in [0.2, 0.25) is 0 Å². The van der Waals surface area contributed by atoms with E-state index in [-0.39, 0.29) is 18.6 Å². The molecule has 0 radical (unpaired) electrons. The Labute approximate surface area is 154 Å². The van der Waals surface area contributed by atoms with Crippen molar-refractivity contribution >= 4 is 5.91 Å². The molecule has 1 unspecified atom stereocenters. The zero-order chi connectivity index (χ0) is 18.2. The molecule has 3 nitrogen and oxygen atoms in total. The summed E-state index contributed by atoms with van der Waals surface area (Å²) in [6.45, 7) is -0.0957. The molecule has 132 valence electrons. The smallest absolute Gasteiger partial charge is 0.251 e. The van der Waals surface area contributed by atoms with Gasteiger partial charge in [-0.2, -0.15) is 0 Å². The summed E-state index contributed by atoms with van der Waals surface area (Å²) < 4.78 is 0. The van der Waals surface area contributed by atoms with Gasteiger partial charge >= 0.3 is 0 Å². The Hall–Kier alpha value is -2.91. The first-order valence-electron chi connectivity index (χ1n) is 8.83. The molecule has 26 heavy (non-hydrogen) atoms. The van der Waals surface area contributed by atoms with Gasteiger partial charge < -0.3 is 10.4 Å². The zero-order valence-corrected chi connectivity index (χ0v) is 14.6. The van der Waals surface area contributed by atoms with Crippen LogP contribution in [0, 0.1) is 0 Å². The number of carbonyl (C=O) groups excluding carboxylic acids is 1. The summed E-state index contributed by atoms with van der Waals surface area (Å²) in [5, 5.41) is 12.6. The van der Waals surface area contributed by atoms with Crippen molar-refractivity contribution in [2.24, 2.45) is 0 Å². The fourth-order valence-electron chi connectivity index (χ4n) is 3.03. The molecule has 0 aromatic heterocycles. The summed E-state index contributed by atoms with van der Waals surface area (Å²) in [6, 6.07) is 27.3. The molecule has 3 aromatic rings. The Kier molecular flexibility index (Phi) is 6.18. The number of benzene rings is 3. The van der Waals surface area contributed by atoms with E-state index in [4.69, 9.17) is 0 Å². The molecule has 1 atom stereocenters. The second-order valence-corrected chi connectivity index (χ2v) is 6.36. The Balaban J connectivity index is 1.72. The first kappa shape index (κ1) is 17.9. The van der Waals surface area contributed by atoms with Crippen LogP contribution in [0.1, 0.15) is 27.0 Å². The number of nitrogens with one attached hydrogen (secondary N) is 1. The molecule has 0 heterocycles. The van der Waals surface area contributed by atoms with E-state index in [0.717, 1.165) is 16.7 Å². The van der Waals surface area contributed by atoms with E-state index in [1.807, 2.05) is 72.8 Å². The van der Waals surface area contributed by atoms with Gasteiger partial charge in [-0.15, -0.1) is 0 Å². The molecular weight excluding hydrogens is 322 g/mol. The average Bonchev–Trinajstić information content (AvgIpc) is 2.69. The Morgan fingerprint density at radius 2 is 1.38 bits per heavy atom. The second-order valence-electron chi connectivity index (χ2n) is 6.36. The minimum Gasteiger partial charge on any atom is -0.394 e. The molecule has 0 bridgehead atoms. The summed E-state index contributed by atoms with van der Waals surface area (Å²) >= 11 is 0. The van der Waals surface area contributed by atoms with Crippen LogP contribution < -0.4 is 5.32 Å². The lowest BCUT2D eigenvalue weighted by Crippen LogP contribution is -2.39. The van der Waals surface area contributed by atoms with Crippen molar-refractivity contribution in [2.45, 2.75) is 18.9 Å². The fourth-order valence-corrected chi connectivity index (χ4v) is 3.03.